The molecule has 0 radical (unpaired) electrons. The molecule has 3 aliphatic rings. The van der Waals surface area contributed by atoms with E-state index < -0.39 is 11.9 Å². The van der Waals surface area contributed by atoms with Gasteiger partial charge in [0, 0.05) is 24.9 Å². The first-order valence-corrected chi connectivity index (χ1v) is 5.42. The molecule has 1 aliphatic carbocycles. The van der Waals surface area contributed by atoms with Crippen LogP contribution in [0.15, 0.2) is 0 Å². The molecule has 3 fully saturated rings. The quantitative estimate of drug-likeness (QED) is 0.570. The number of ether oxygens (including phenoxy) is 2. The van der Waals surface area contributed by atoms with E-state index >= 15 is 0 Å². The first-order chi connectivity index (χ1) is 6.75. The van der Waals surface area contributed by atoms with Crippen LogP contribution in [0, 0.1) is 5.41 Å². The summed E-state index contributed by atoms with van der Waals surface area (Å²) in [7, 11) is 0. The fourth-order valence-corrected chi connectivity index (χ4v) is 2.26. The van der Waals surface area contributed by atoms with E-state index in [1.807, 2.05) is 0 Å². The highest BCUT2D eigenvalue weighted by Crippen LogP contribution is 2.50. The van der Waals surface area contributed by atoms with Gasteiger partial charge in [-0.2, -0.15) is 0 Å². The zero-order valence-corrected chi connectivity index (χ0v) is 8.29. The molecule has 1 unspecified atom stereocenters. The van der Waals surface area contributed by atoms with Crippen molar-refractivity contribution < 1.29 is 14.6 Å². The highest BCUT2D eigenvalue weighted by atomic mass is 16.7. The van der Waals surface area contributed by atoms with Gasteiger partial charge in [-0.15, -0.1) is 0 Å². The van der Waals surface area contributed by atoms with Crippen LogP contribution in [-0.4, -0.2) is 43.3 Å². The highest BCUT2D eigenvalue weighted by molar-refractivity contribution is 4.99. The van der Waals surface area contributed by atoms with Crippen LogP contribution in [0.2, 0.25) is 0 Å². The van der Waals surface area contributed by atoms with E-state index in [2.05, 4.69) is 5.32 Å². The number of nitrogens with one attached hydrogen (secondary N) is 1. The lowest BCUT2D eigenvalue weighted by molar-refractivity contribution is -0.331. The SMILES string of the molecule is OC1CNCCC12OCC1(CC1)CO2. The summed E-state index contributed by atoms with van der Waals surface area (Å²) in [6.45, 7) is 2.98. The van der Waals surface area contributed by atoms with Gasteiger partial charge in [0.15, 0.2) is 5.79 Å². The number of rotatable bonds is 0. The second-order valence-electron chi connectivity index (χ2n) is 4.86. The van der Waals surface area contributed by atoms with Crippen molar-refractivity contribution in [1.82, 2.24) is 5.32 Å². The van der Waals surface area contributed by atoms with E-state index in [9.17, 15) is 5.11 Å². The van der Waals surface area contributed by atoms with Crippen LogP contribution in [0.3, 0.4) is 0 Å². The first-order valence-electron chi connectivity index (χ1n) is 5.42. The van der Waals surface area contributed by atoms with E-state index in [0.717, 1.165) is 26.2 Å². The molecule has 0 aromatic heterocycles. The molecule has 14 heavy (non-hydrogen) atoms. The molecule has 0 bridgehead atoms. The molecule has 2 heterocycles. The standard InChI is InChI=1S/C10H17NO3/c12-8-5-11-4-3-10(8)13-6-9(1-2-9)7-14-10/h8,11-12H,1-7H2. The Bertz CT molecular complexity index is 230. The van der Waals surface area contributed by atoms with E-state index in [0.29, 0.717) is 12.0 Å². The van der Waals surface area contributed by atoms with Crippen LogP contribution < -0.4 is 5.32 Å². The van der Waals surface area contributed by atoms with E-state index in [-0.39, 0.29) is 0 Å². The third-order valence-electron chi connectivity index (χ3n) is 3.70. The Morgan fingerprint density at radius 3 is 2.43 bits per heavy atom. The van der Waals surface area contributed by atoms with Crippen molar-refractivity contribution in [2.45, 2.75) is 31.2 Å². The van der Waals surface area contributed by atoms with E-state index in [4.69, 9.17) is 9.47 Å². The molecule has 0 amide bonds. The largest absolute Gasteiger partial charge is 0.386 e. The van der Waals surface area contributed by atoms with Gasteiger partial charge < -0.3 is 19.9 Å². The number of aliphatic hydroxyl groups excluding tert-OH is 1. The maximum atomic E-state index is 9.86. The normalized spacial score (nSPS) is 38.8. The summed E-state index contributed by atoms with van der Waals surface area (Å²) in [5.74, 6) is -0.695. The lowest BCUT2D eigenvalue weighted by atomic mass is 9.99. The number of β-amino-alcohol motifs (C(OH)–C–C–N with tert-alkyl or cyclic N) is 1. The average Bonchev–Trinajstić information content (AvgIpc) is 2.96. The third kappa shape index (κ3) is 1.29. The molecule has 4 heteroatoms. The van der Waals surface area contributed by atoms with Crippen LogP contribution in [0.4, 0.5) is 0 Å². The van der Waals surface area contributed by atoms with Gasteiger partial charge in [-0.1, -0.05) is 0 Å². The predicted molar refractivity (Wildman–Crippen MR) is 49.8 cm³/mol. The van der Waals surface area contributed by atoms with Gasteiger partial charge in [0.05, 0.1) is 13.2 Å². The Labute approximate surface area is 83.6 Å². The molecule has 1 saturated carbocycles. The number of piperidine rings is 1. The van der Waals surface area contributed by atoms with Gasteiger partial charge in [-0.05, 0) is 12.8 Å². The Kier molecular flexibility index (Phi) is 1.89. The second-order valence-corrected chi connectivity index (χ2v) is 4.86. The van der Waals surface area contributed by atoms with Crippen molar-refractivity contribution in [3.8, 4) is 0 Å². The average molecular weight is 199 g/mol. The Hall–Kier alpha value is -0.160. The summed E-state index contributed by atoms with van der Waals surface area (Å²) in [6, 6.07) is 0. The van der Waals surface area contributed by atoms with Crippen molar-refractivity contribution in [2.24, 2.45) is 5.41 Å². The number of aliphatic hydroxyl groups is 1. The molecule has 0 aromatic carbocycles. The molecule has 2 aliphatic heterocycles. The van der Waals surface area contributed by atoms with Gasteiger partial charge in [-0.3, -0.25) is 0 Å². The molecular formula is C10H17NO3. The van der Waals surface area contributed by atoms with Crippen molar-refractivity contribution in [3.05, 3.63) is 0 Å². The van der Waals surface area contributed by atoms with Gasteiger partial charge >= 0.3 is 0 Å². The van der Waals surface area contributed by atoms with Crippen LogP contribution in [-0.2, 0) is 9.47 Å². The summed E-state index contributed by atoms with van der Waals surface area (Å²) in [4.78, 5) is 0. The van der Waals surface area contributed by atoms with E-state index in [1.54, 1.807) is 0 Å². The minimum atomic E-state index is -0.695. The fraction of sp³-hybridized carbons (Fsp3) is 1.00. The molecule has 4 nitrogen and oxygen atoms in total. The predicted octanol–water partition coefficient (Wildman–Crippen LogP) is -0.136. The summed E-state index contributed by atoms with van der Waals surface area (Å²) < 4.78 is 11.6. The monoisotopic (exact) mass is 199 g/mol. The summed E-state index contributed by atoms with van der Waals surface area (Å²) in [5.41, 5.74) is 0.315. The maximum Gasteiger partial charge on any atom is 0.196 e. The molecule has 2 saturated heterocycles. The van der Waals surface area contributed by atoms with Crippen molar-refractivity contribution in [2.75, 3.05) is 26.3 Å². The Balaban J connectivity index is 1.71. The van der Waals surface area contributed by atoms with Gasteiger partial charge in [0.1, 0.15) is 6.10 Å². The zero-order valence-electron chi connectivity index (χ0n) is 8.29. The lowest BCUT2D eigenvalue weighted by Crippen LogP contribution is -2.60. The number of hydrogen-bond donors (Lipinski definition) is 2. The first kappa shape index (κ1) is 9.09. The summed E-state index contributed by atoms with van der Waals surface area (Å²) in [6.07, 6.45) is 2.67. The zero-order chi connectivity index (χ0) is 9.65. The van der Waals surface area contributed by atoms with Crippen LogP contribution in [0.5, 0.6) is 0 Å². The van der Waals surface area contributed by atoms with Crippen LogP contribution >= 0.6 is 0 Å². The van der Waals surface area contributed by atoms with Gasteiger partial charge in [0.25, 0.3) is 0 Å². The molecule has 2 N–H and O–H groups in total. The number of hydrogen-bond acceptors (Lipinski definition) is 4. The molecule has 80 valence electrons. The highest BCUT2D eigenvalue weighted by Gasteiger charge is 2.54. The minimum absolute atomic E-state index is 0.315. The molecular weight excluding hydrogens is 182 g/mol. The van der Waals surface area contributed by atoms with E-state index in [1.165, 1.54) is 12.8 Å². The second kappa shape index (κ2) is 2.92. The topological polar surface area (TPSA) is 50.7 Å². The van der Waals surface area contributed by atoms with Gasteiger partial charge in [0.2, 0.25) is 0 Å². The van der Waals surface area contributed by atoms with Crippen molar-refractivity contribution in [1.29, 1.82) is 0 Å². The Morgan fingerprint density at radius 1 is 1.14 bits per heavy atom. The molecule has 2 spiro atoms. The third-order valence-corrected chi connectivity index (χ3v) is 3.70. The molecule has 3 rings (SSSR count). The fourth-order valence-electron chi connectivity index (χ4n) is 2.26. The van der Waals surface area contributed by atoms with Crippen molar-refractivity contribution in [3.63, 3.8) is 0 Å². The van der Waals surface area contributed by atoms with Crippen LogP contribution in [0.1, 0.15) is 19.3 Å². The maximum absolute atomic E-state index is 9.86. The summed E-state index contributed by atoms with van der Waals surface area (Å²) >= 11 is 0. The molecule has 0 aromatic rings. The Morgan fingerprint density at radius 2 is 1.86 bits per heavy atom. The summed E-state index contributed by atoms with van der Waals surface area (Å²) in [5, 5.41) is 13.0. The lowest BCUT2D eigenvalue weighted by Gasteiger charge is -2.45. The molecule has 1 atom stereocenters. The van der Waals surface area contributed by atoms with Crippen LogP contribution in [0.25, 0.3) is 0 Å². The van der Waals surface area contributed by atoms with Crippen molar-refractivity contribution >= 4 is 0 Å². The van der Waals surface area contributed by atoms with Gasteiger partial charge in [-0.25, -0.2) is 0 Å². The smallest absolute Gasteiger partial charge is 0.196 e. The minimum Gasteiger partial charge on any atom is -0.386 e.